The van der Waals surface area contributed by atoms with Crippen molar-refractivity contribution in [1.29, 1.82) is 0 Å². The highest BCUT2D eigenvalue weighted by atomic mass is 32.2. The summed E-state index contributed by atoms with van der Waals surface area (Å²) in [6.45, 7) is 1.78. The fourth-order valence-corrected chi connectivity index (χ4v) is 2.57. The highest BCUT2D eigenvalue weighted by Crippen LogP contribution is 2.15. The third-order valence-corrected chi connectivity index (χ3v) is 3.94. The second kappa shape index (κ2) is 6.19. The highest BCUT2D eigenvalue weighted by molar-refractivity contribution is 7.84. The number of rotatable bonds is 5. The Bertz CT molecular complexity index is 630. The van der Waals surface area contributed by atoms with Crippen molar-refractivity contribution in [2.24, 2.45) is 0 Å². The third kappa shape index (κ3) is 3.76. The monoisotopic (exact) mass is 317 g/mol. The SMILES string of the molecule is COC(=O)[C@](C)(CN(C(C)=O)S(=O)(=O)O)[n+]1ccccc1. The highest BCUT2D eigenvalue weighted by Gasteiger charge is 2.48. The van der Waals surface area contributed by atoms with Gasteiger partial charge in [0.25, 0.3) is 5.54 Å². The Balaban J connectivity index is 3.34. The Kier molecular flexibility index (Phi) is 5.02. The topological polar surface area (TPSA) is 105 Å². The van der Waals surface area contributed by atoms with Crippen LogP contribution in [-0.4, -0.2) is 42.8 Å². The smallest absolute Gasteiger partial charge is 0.380 e. The Morgan fingerprint density at radius 3 is 2.19 bits per heavy atom. The largest absolute Gasteiger partial charge is 0.464 e. The Labute approximate surface area is 122 Å². The van der Waals surface area contributed by atoms with E-state index in [1.165, 1.54) is 23.9 Å². The van der Waals surface area contributed by atoms with Crippen molar-refractivity contribution in [2.45, 2.75) is 19.4 Å². The molecule has 0 radical (unpaired) electrons. The molecule has 1 heterocycles. The van der Waals surface area contributed by atoms with Gasteiger partial charge in [-0.15, -0.1) is 0 Å². The van der Waals surface area contributed by atoms with Crippen LogP contribution in [-0.2, 0) is 30.2 Å². The zero-order valence-corrected chi connectivity index (χ0v) is 12.7. The van der Waals surface area contributed by atoms with E-state index in [4.69, 9.17) is 4.55 Å². The molecule has 1 N–H and O–H groups in total. The summed E-state index contributed by atoms with van der Waals surface area (Å²) < 4.78 is 38.0. The van der Waals surface area contributed by atoms with E-state index in [1.54, 1.807) is 18.2 Å². The molecule has 0 aliphatic carbocycles. The third-order valence-electron chi connectivity index (χ3n) is 2.99. The van der Waals surface area contributed by atoms with Gasteiger partial charge >= 0.3 is 16.3 Å². The molecule has 116 valence electrons. The van der Waals surface area contributed by atoms with Gasteiger partial charge in [-0.05, 0) is 0 Å². The Hall–Kier alpha value is -2.00. The average molecular weight is 317 g/mol. The number of aromatic nitrogens is 1. The van der Waals surface area contributed by atoms with Crippen LogP contribution in [0.25, 0.3) is 0 Å². The molecule has 0 saturated heterocycles. The molecule has 0 unspecified atom stereocenters. The average Bonchev–Trinajstić information content (AvgIpc) is 2.42. The molecule has 0 aromatic carbocycles. The second-order valence-electron chi connectivity index (χ2n) is 4.55. The first kappa shape index (κ1) is 17.1. The maximum atomic E-state index is 12.1. The normalized spacial score (nSPS) is 14.1. The predicted molar refractivity (Wildman–Crippen MR) is 71.2 cm³/mol. The lowest BCUT2D eigenvalue weighted by Gasteiger charge is -2.26. The van der Waals surface area contributed by atoms with Crippen molar-refractivity contribution in [3.05, 3.63) is 30.6 Å². The summed E-state index contributed by atoms with van der Waals surface area (Å²) in [5.41, 5.74) is -1.52. The fourth-order valence-electron chi connectivity index (χ4n) is 1.83. The maximum absolute atomic E-state index is 12.1. The summed E-state index contributed by atoms with van der Waals surface area (Å²) in [6.07, 6.45) is 3.05. The summed E-state index contributed by atoms with van der Waals surface area (Å²) in [5, 5.41) is 0. The van der Waals surface area contributed by atoms with E-state index < -0.39 is 34.3 Å². The van der Waals surface area contributed by atoms with Crippen molar-refractivity contribution < 1.29 is 31.9 Å². The van der Waals surface area contributed by atoms with E-state index >= 15 is 0 Å². The van der Waals surface area contributed by atoms with Crippen molar-refractivity contribution in [1.82, 2.24) is 4.31 Å². The van der Waals surface area contributed by atoms with Crippen LogP contribution in [0.2, 0.25) is 0 Å². The van der Waals surface area contributed by atoms with Gasteiger partial charge in [0.1, 0.15) is 6.54 Å². The van der Waals surface area contributed by atoms with Gasteiger partial charge in [0, 0.05) is 26.0 Å². The lowest BCUT2D eigenvalue weighted by Crippen LogP contribution is -2.65. The van der Waals surface area contributed by atoms with Gasteiger partial charge in [0.2, 0.25) is 5.91 Å². The number of hydrogen-bond acceptors (Lipinski definition) is 5. The van der Waals surface area contributed by atoms with Gasteiger partial charge in [0.05, 0.1) is 7.11 Å². The van der Waals surface area contributed by atoms with Crippen molar-refractivity contribution >= 4 is 22.2 Å². The minimum Gasteiger partial charge on any atom is -0.464 e. The molecule has 0 bridgehead atoms. The van der Waals surface area contributed by atoms with Crippen molar-refractivity contribution in [3.8, 4) is 0 Å². The van der Waals surface area contributed by atoms with E-state index in [-0.39, 0.29) is 4.31 Å². The lowest BCUT2D eigenvalue weighted by atomic mass is 10.0. The number of pyridine rings is 1. The first-order valence-corrected chi connectivity index (χ1v) is 7.33. The Morgan fingerprint density at radius 1 is 1.29 bits per heavy atom. The molecule has 1 rings (SSSR count). The Morgan fingerprint density at radius 2 is 1.81 bits per heavy atom. The minimum absolute atomic E-state index is 0.212. The summed E-state index contributed by atoms with van der Waals surface area (Å²) in [5.74, 6) is -1.67. The van der Waals surface area contributed by atoms with Gasteiger partial charge in [-0.1, -0.05) is 6.07 Å². The van der Waals surface area contributed by atoms with Gasteiger partial charge in [0.15, 0.2) is 12.4 Å². The second-order valence-corrected chi connectivity index (χ2v) is 5.89. The number of nitrogens with zero attached hydrogens (tertiary/aromatic N) is 2. The molecule has 9 heteroatoms. The molecule has 0 fully saturated rings. The lowest BCUT2D eigenvalue weighted by molar-refractivity contribution is -0.746. The van der Waals surface area contributed by atoms with Crippen LogP contribution in [0.1, 0.15) is 13.8 Å². The van der Waals surface area contributed by atoms with E-state index in [1.807, 2.05) is 0 Å². The van der Waals surface area contributed by atoms with Crippen LogP contribution in [0.5, 0.6) is 0 Å². The number of carbonyl (C=O) groups excluding carboxylic acids is 2. The van der Waals surface area contributed by atoms with E-state index in [0.717, 1.165) is 14.0 Å². The molecular formula is C12H17N2O6S+. The number of esters is 1. The van der Waals surface area contributed by atoms with Gasteiger partial charge < -0.3 is 4.74 Å². The van der Waals surface area contributed by atoms with Crippen LogP contribution < -0.4 is 4.57 Å². The van der Waals surface area contributed by atoms with Crippen LogP contribution in [0.15, 0.2) is 30.6 Å². The van der Waals surface area contributed by atoms with E-state index in [2.05, 4.69) is 4.74 Å². The quantitative estimate of drug-likeness (QED) is 0.446. The van der Waals surface area contributed by atoms with Crippen LogP contribution in [0, 0.1) is 0 Å². The standard InChI is InChI=1S/C12H16N2O6S/c1-10(15)14(21(17,18)19)9-12(2,11(16)20-3)13-7-5-4-6-8-13/h4-8H,9H2,1-3H3/p+1/t12-/m0/s1. The molecule has 0 aliphatic heterocycles. The van der Waals surface area contributed by atoms with Crippen LogP contribution in [0.3, 0.4) is 0 Å². The molecule has 1 atom stereocenters. The number of hydrogen-bond donors (Lipinski definition) is 1. The van der Waals surface area contributed by atoms with E-state index in [0.29, 0.717) is 0 Å². The zero-order chi connectivity index (χ0) is 16.3. The number of methoxy groups -OCH3 is 1. The molecule has 0 spiro atoms. The molecule has 21 heavy (non-hydrogen) atoms. The summed E-state index contributed by atoms with van der Waals surface area (Å²) in [7, 11) is -3.64. The summed E-state index contributed by atoms with van der Waals surface area (Å²) in [4.78, 5) is 23.5. The van der Waals surface area contributed by atoms with Crippen molar-refractivity contribution in [2.75, 3.05) is 13.7 Å². The van der Waals surface area contributed by atoms with Gasteiger partial charge in [-0.2, -0.15) is 13.0 Å². The fraction of sp³-hybridized carbons (Fsp3) is 0.417. The molecule has 0 saturated carbocycles. The molecule has 1 amide bonds. The minimum atomic E-state index is -4.78. The van der Waals surface area contributed by atoms with E-state index in [9.17, 15) is 18.0 Å². The van der Waals surface area contributed by atoms with Gasteiger partial charge in [-0.25, -0.2) is 9.10 Å². The molecule has 1 aromatic rings. The summed E-state index contributed by atoms with van der Waals surface area (Å²) in [6, 6.07) is 4.97. The zero-order valence-electron chi connectivity index (χ0n) is 11.9. The number of ether oxygens (including phenoxy) is 1. The first-order chi connectivity index (χ1) is 9.63. The molecule has 0 aliphatic rings. The summed E-state index contributed by atoms with van der Waals surface area (Å²) >= 11 is 0. The van der Waals surface area contributed by atoms with Crippen molar-refractivity contribution in [3.63, 3.8) is 0 Å². The molecule has 8 nitrogen and oxygen atoms in total. The van der Waals surface area contributed by atoms with Crippen LogP contribution in [0.4, 0.5) is 0 Å². The number of carbonyl (C=O) groups is 2. The van der Waals surface area contributed by atoms with Gasteiger partial charge in [-0.3, -0.25) is 9.35 Å². The first-order valence-electron chi connectivity index (χ1n) is 5.94. The predicted octanol–water partition coefficient (Wildman–Crippen LogP) is -0.486. The molecular weight excluding hydrogens is 300 g/mol. The van der Waals surface area contributed by atoms with Crippen LogP contribution >= 0.6 is 0 Å². The maximum Gasteiger partial charge on any atom is 0.380 e. The molecule has 1 aromatic heterocycles. The number of amides is 1.